The van der Waals surface area contributed by atoms with Gasteiger partial charge in [-0.3, -0.25) is 9.69 Å². The molecule has 1 N–H and O–H groups in total. The Morgan fingerprint density at radius 2 is 1.87 bits per heavy atom. The van der Waals surface area contributed by atoms with Crippen LogP contribution < -0.4 is 5.32 Å². The number of unbranched alkanes of at least 4 members (excludes halogenated alkanes) is 1. The molecule has 0 aromatic heterocycles. The third-order valence-corrected chi connectivity index (χ3v) is 7.97. The minimum Gasteiger partial charge on any atom is -0.467 e. The Kier molecular flexibility index (Phi) is 12.6. The molecule has 0 bridgehead atoms. The number of rotatable bonds is 15. The number of hydrogen-bond donors (Lipinski definition) is 1. The number of benzene rings is 2. The smallest absolute Gasteiger partial charge is 0.328 e. The van der Waals surface area contributed by atoms with Crippen LogP contribution in [-0.4, -0.2) is 79.6 Å². The summed E-state index contributed by atoms with van der Waals surface area (Å²) < 4.78 is 4.96. The van der Waals surface area contributed by atoms with Gasteiger partial charge >= 0.3 is 5.97 Å². The highest BCUT2D eigenvalue weighted by Gasteiger charge is 2.24. The van der Waals surface area contributed by atoms with Crippen molar-refractivity contribution in [2.24, 2.45) is 0 Å². The molecule has 1 atom stereocenters. The van der Waals surface area contributed by atoms with Crippen molar-refractivity contribution in [3.05, 3.63) is 59.2 Å². The van der Waals surface area contributed by atoms with Crippen molar-refractivity contribution in [2.45, 2.75) is 58.5 Å². The van der Waals surface area contributed by atoms with Crippen molar-refractivity contribution in [1.29, 1.82) is 0 Å². The molecule has 6 nitrogen and oxygen atoms in total. The number of ether oxygens (including phenoxy) is 1. The van der Waals surface area contributed by atoms with Gasteiger partial charge in [-0.2, -0.15) is 11.8 Å². The SMILES string of the molecule is CCCCN(CCN1CCCC1)Cc1ccc(C(=O)N[C@@H](CCSC)C(=O)OC)c(-c2ccccc2C)c1. The Morgan fingerprint density at radius 3 is 2.55 bits per heavy atom. The number of carbonyl (C=O) groups is 2. The number of esters is 1. The van der Waals surface area contributed by atoms with Crippen molar-refractivity contribution >= 4 is 23.6 Å². The first-order chi connectivity index (χ1) is 18.5. The maximum absolute atomic E-state index is 13.5. The predicted molar refractivity (Wildman–Crippen MR) is 159 cm³/mol. The molecule has 3 rings (SSSR count). The lowest BCUT2D eigenvalue weighted by Crippen LogP contribution is -2.42. The van der Waals surface area contributed by atoms with E-state index in [0.29, 0.717) is 12.0 Å². The second kappa shape index (κ2) is 15.9. The van der Waals surface area contributed by atoms with Gasteiger partial charge in [0, 0.05) is 25.2 Å². The average Bonchev–Trinajstić information content (AvgIpc) is 3.46. The highest BCUT2D eigenvalue weighted by atomic mass is 32.2. The molecular weight excluding hydrogens is 494 g/mol. The molecule has 38 heavy (non-hydrogen) atoms. The van der Waals surface area contributed by atoms with Gasteiger partial charge in [0.15, 0.2) is 0 Å². The molecule has 1 fully saturated rings. The summed E-state index contributed by atoms with van der Waals surface area (Å²) in [6.07, 6.45) is 7.49. The number of nitrogens with one attached hydrogen (secondary N) is 1. The molecule has 1 aliphatic rings. The van der Waals surface area contributed by atoms with Crippen LogP contribution in [0.15, 0.2) is 42.5 Å². The van der Waals surface area contributed by atoms with Crippen LogP contribution in [0, 0.1) is 6.92 Å². The third kappa shape index (κ3) is 8.85. The quantitative estimate of drug-likeness (QED) is 0.307. The number of thioether (sulfide) groups is 1. The Bertz CT molecular complexity index is 1040. The van der Waals surface area contributed by atoms with Crippen LogP contribution in [-0.2, 0) is 16.1 Å². The van der Waals surface area contributed by atoms with E-state index in [0.717, 1.165) is 48.6 Å². The van der Waals surface area contributed by atoms with E-state index in [-0.39, 0.29) is 5.91 Å². The van der Waals surface area contributed by atoms with E-state index >= 15 is 0 Å². The van der Waals surface area contributed by atoms with E-state index in [1.165, 1.54) is 51.4 Å². The van der Waals surface area contributed by atoms with Gasteiger partial charge < -0.3 is 15.0 Å². The maximum Gasteiger partial charge on any atom is 0.328 e. The number of carbonyl (C=O) groups excluding carboxylic acids is 2. The Morgan fingerprint density at radius 1 is 1.11 bits per heavy atom. The van der Waals surface area contributed by atoms with E-state index in [1.54, 1.807) is 11.8 Å². The fourth-order valence-electron chi connectivity index (χ4n) is 5.05. The lowest BCUT2D eigenvalue weighted by Gasteiger charge is -2.26. The maximum atomic E-state index is 13.5. The van der Waals surface area contributed by atoms with Gasteiger partial charge in [0.1, 0.15) is 6.04 Å². The third-order valence-electron chi connectivity index (χ3n) is 7.33. The number of methoxy groups -OCH3 is 1. The van der Waals surface area contributed by atoms with E-state index in [9.17, 15) is 9.59 Å². The van der Waals surface area contributed by atoms with Crippen LogP contribution in [0.3, 0.4) is 0 Å². The van der Waals surface area contributed by atoms with Crippen molar-refractivity contribution in [3.8, 4) is 11.1 Å². The lowest BCUT2D eigenvalue weighted by molar-refractivity contribution is -0.142. The Hall–Kier alpha value is -2.35. The van der Waals surface area contributed by atoms with Crippen LogP contribution in [0.2, 0.25) is 0 Å². The number of hydrogen-bond acceptors (Lipinski definition) is 6. The predicted octanol–water partition coefficient (Wildman–Crippen LogP) is 5.38. The van der Waals surface area contributed by atoms with Crippen molar-refractivity contribution < 1.29 is 14.3 Å². The topological polar surface area (TPSA) is 61.9 Å². The van der Waals surface area contributed by atoms with Crippen LogP contribution >= 0.6 is 11.8 Å². The van der Waals surface area contributed by atoms with Gasteiger partial charge in [-0.05, 0) is 98.6 Å². The highest BCUT2D eigenvalue weighted by Crippen LogP contribution is 2.29. The van der Waals surface area contributed by atoms with Crippen LogP contribution in [0.4, 0.5) is 0 Å². The summed E-state index contributed by atoms with van der Waals surface area (Å²) in [7, 11) is 1.36. The zero-order valence-corrected chi connectivity index (χ0v) is 24.4. The van der Waals surface area contributed by atoms with Gasteiger partial charge in [-0.25, -0.2) is 4.79 Å². The molecule has 0 saturated carbocycles. The van der Waals surface area contributed by atoms with Gasteiger partial charge in [-0.15, -0.1) is 0 Å². The summed E-state index contributed by atoms with van der Waals surface area (Å²) in [5.74, 6) is 0.100. The second-order valence-corrected chi connectivity index (χ2v) is 11.2. The zero-order chi connectivity index (χ0) is 27.3. The molecule has 0 radical (unpaired) electrons. The largest absolute Gasteiger partial charge is 0.467 e. The fraction of sp³-hybridized carbons (Fsp3) is 0.548. The first-order valence-electron chi connectivity index (χ1n) is 14.0. The Labute approximate surface area is 233 Å². The minimum absolute atomic E-state index is 0.247. The summed E-state index contributed by atoms with van der Waals surface area (Å²) in [6.45, 7) is 10.8. The summed E-state index contributed by atoms with van der Waals surface area (Å²) in [6, 6.07) is 13.7. The normalized spacial score (nSPS) is 14.6. The van der Waals surface area contributed by atoms with Gasteiger partial charge in [-0.1, -0.05) is 43.7 Å². The van der Waals surface area contributed by atoms with E-state index in [4.69, 9.17) is 4.74 Å². The summed E-state index contributed by atoms with van der Waals surface area (Å²) in [5.41, 5.74) is 4.84. The average molecular weight is 540 g/mol. The molecule has 0 unspecified atom stereocenters. The molecule has 2 aromatic carbocycles. The monoisotopic (exact) mass is 539 g/mol. The van der Waals surface area contributed by atoms with Gasteiger partial charge in [0.2, 0.25) is 0 Å². The van der Waals surface area contributed by atoms with Gasteiger partial charge in [0.25, 0.3) is 5.91 Å². The molecule has 208 valence electrons. The van der Waals surface area contributed by atoms with Crippen LogP contribution in [0.5, 0.6) is 0 Å². The zero-order valence-electron chi connectivity index (χ0n) is 23.6. The van der Waals surface area contributed by atoms with Crippen LogP contribution in [0.25, 0.3) is 11.1 Å². The molecule has 1 amide bonds. The minimum atomic E-state index is -0.667. The van der Waals surface area contributed by atoms with Crippen molar-refractivity contribution in [2.75, 3.05) is 51.8 Å². The number of aryl methyl sites for hydroxylation is 1. The highest BCUT2D eigenvalue weighted by molar-refractivity contribution is 7.98. The summed E-state index contributed by atoms with van der Waals surface area (Å²) >= 11 is 1.64. The lowest BCUT2D eigenvalue weighted by atomic mass is 9.93. The molecular formula is C31H45N3O3S. The Balaban J connectivity index is 1.87. The molecule has 1 heterocycles. The molecule has 1 saturated heterocycles. The fourth-order valence-corrected chi connectivity index (χ4v) is 5.52. The number of amides is 1. The molecule has 7 heteroatoms. The standard InChI is InChI=1S/C31H45N3O3S/c1-5-6-16-34(20-19-33-17-9-10-18-33)23-25-13-14-27(28(22-25)26-12-8-7-11-24(26)2)30(35)32-29(15-21-38-4)31(36)37-3/h7-8,11-14,22,29H,5-6,9-10,15-21,23H2,1-4H3,(H,32,35)/t29-/m0/s1. The first-order valence-corrected chi connectivity index (χ1v) is 15.4. The molecule has 2 aromatic rings. The summed E-state index contributed by atoms with van der Waals surface area (Å²) in [4.78, 5) is 31.0. The molecule has 0 spiro atoms. The van der Waals surface area contributed by atoms with Crippen molar-refractivity contribution in [1.82, 2.24) is 15.1 Å². The number of likely N-dealkylation sites (tertiary alicyclic amines) is 1. The summed E-state index contributed by atoms with van der Waals surface area (Å²) in [5, 5.41) is 2.95. The van der Waals surface area contributed by atoms with E-state index in [1.807, 2.05) is 24.5 Å². The van der Waals surface area contributed by atoms with Crippen LogP contribution in [0.1, 0.15) is 60.5 Å². The second-order valence-electron chi connectivity index (χ2n) is 10.2. The molecule has 1 aliphatic heterocycles. The van der Waals surface area contributed by atoms with Gasteiger partial charge in [0.05, 0.1) is 7.11 Å². The number of nitrogens with zero attached hydrogens (tertiary/aromatic N) is 2. The molecule has 0 aliphatic carbocycles. The first kappa shape index (κ1) is 30.2. The van der Waals surface area contributed by atoms with E-state index < -0.39 is 12.0 Å². The van der Waals surface area contributed by atoms with Crippen molar-refractivity contribution in [3.63, 3.8) is 0 Å². The van der Waals surface area contributed by atoms with E-state index in [2.05, 4.69) is 53.2 Å².